The fraction of sp³-hybridized carbons (Fsp3) is 0.583. The van der Waals surface area contributed by atoms with Gasteiger partial charge in [-0.25, -0.2) is 0 Å². The highest BCUT2D eigenvalue weighted by Crippen LogP contribution is 2.11. The molecule has 0 aromatic rings. The van der Waals surface area contributed by atoms with Crippen molar-refractivity contribution in [1.29, 1.82) is 0 Å². The van der Waals surface area contributed by atoms with Crippen LogP contribution in [-0.2, 0) is 4.74 Å². The van der Waals surface area contributed by atoms with Gasteiger partial charge in [-0.1, -0.05) is 26.8 Å². The smallest absolute Gasteiger partial charge is 0.134 e. The van der Waals surface area contributed by atoms with Crippen LogP contribution in [0.2, 0.25) is 0 Å². The van der Waals surface area contributed by atoms with E-state index in [1.807, 2.05) is 26.1 Å². The molecule has 0 aliphatic carbocycles. The minimum absolute atomic E-state index is 0.369. The molecule has 0 aromatic heterocycles. The first-order valence-electron chi connectivity index (χ1n) is 5.47. The zero-order valence-corrected chi connectivity index (χ0v) is 10.4. The summed E-state index contributed by atoms with van der Waals surface area (Å²) in [6.07, 6.45) is 6.95. The molecule has 0 fully saturated rings. The van der Waals surface area contributed by atoms with E-state index in [-0.39, 0.29) is 0 Å². The van der Waals surface area contributed by atoms with Gasteiger partial charge in [0.25, 0.3) is 0 Å². The summed E-state index contributed by atoms with van der Waals surface area (Å²) in [5.41, 5.74) is 0. The van der Waals surface area contributed by atoms with Gasteiger partial charge in [0.1, 0.15) is 11.6 Å². The van der Waals surface area contributed by atoms with Crippen molar-refractivity contribution in [2.75, 3.05) is 14.2 Å². The highest BCUT2D eigenvalue weighted by molar-refractivity contribution is 5.87. The second-order valence-corrected chi connectivity index (χ2v) is 2.88. The van der Waals surface area contributed by atoms with E-state index < -0.39 is 0 Å². The molecule has 3 nitrogen and oxygen atoms in total. The molecule has 1 aliphatic rings. The lowest BCUT2D eigenvalue weighted by atomic mass is 10.1. The summed E-state index contributed by atoms with van der Waals surface area (Å²) < 4.78 is 5.11. The van der Waals surface area contributed by atoms with Crippen molar-refractivity contribution in [2.45, 2.75) is 27.2 Å². The molecule has 0 spiro atoms. The van der Waals surface area contributed by atoms with Crippen molar-refractivity contribution in [2.24, 2.45) is 10.9 Å². The Morgan fingerprint density at radius 2 is 2.13 bits per heavy atom. The molecule has 0 saturated carbocycles. The molecule has 1 N–H and O–H groups in total. The number of methoxy groups -OCH3 is 1. The van der Waals surface area contributed by atoms with E-state index in [1.165, 1.54) is 0 Å². The van der Waals surface area contributed by atoms with Crippen LogP contribution >= 0.6 is 0 Å². The third kappa shape index (κ3) is 4.19. The summed E-state index contributed by atoms with van der Waals surface area (Å²) in [5.74, 6) is 2.19. The lowest BCUT2D eigenvalue weighted by molar-refractivity contribution is 0.305. The Bertz CT molecular complexity index is 254. The Kier molecular flexibility index (Phi) is 7.42. The van der Waals surface area contributed by atoms with Crippen LogP contribution in [0.5, 0.6) is 0 Å². The number of aliphatic imine (C=N–C) groups is 1. The maximum Gasteiger partial charge on any atom is 0.134 e. The first-order valence-corrected chi connectivity index (χ1v) is 5.47. The molecular weight excluding hydrogens is 188 g/mol. The maximum absolute atomic E-state index is 5.11. The van der Waals surface area contributed by atoms with Crippen molar-refractivity contribution in [3.05, 3.63) is 24.1 Å². The molecule has 1 atom stereocenters. The molecule has 3 heteroatoms. The van der Waals surface area contributed by atoms with Gasteiger partial charge in [0.2, 0.25) is 0 Å². The molecule has 0 aromatic carbocycles. The second kappa shape index (κ2) is 8.09. The number of nitrogens with zero attached hydrogens (tertiary/aromatic N) is 1. The highest BCUT2D eigenvalue weighted by atomic mass is 16.5. The van der Waals surface area contributed by atoms with Crippen molar-refractivity contribution in [3.8, 4) is 0 Å². The Balaban J connectivity index is 0.000000921. The van der Waals surface area contributed by atoms with Gasteiger partial charge in [0.15, 0.2) is 0 Å². The standard InChI is InChI=1S/C10H16N2O.C2H6/c1-4-8-5-6-9(13-3)7-12-10(8)11-2;1-2/h5-8H,4H2,1-3H3,(H,11,12);1-2H3. The fourth-order valence-electron chi connectivity index (χ4n) is 1.29. The zero-order valence-electron chi connectivity index (χ0n) is 10.4. The Hall–Kier alpha value is -1.25. The molecule has 1 rings (SSSR count). The lowest BCUT2D eigenvalue weighted by Crippen LogP contribution is -2.24. The lowest BCUT2D eigenvalue weighted by Gasteiger charge is -2.10. The summed E-state index contributed by atoms with van der Waals surface area (Å²) in [6, 6.07) is 0. The molecule has 0 radical (unpaired) electrons. The van der Waals surface area contributed by atoms with Crippen molar-refractivity contribution in [1.82, 2.24) is 5.32 Å². The molecule has 15 heavy (non-hydrogen) atoms. The number of hydrogen-bond acceptors (Lipinski definition) is 2. The topological polar surface area (TPSA) is 33.6 Å². The minimum Gasteiger partial charge on any atom is -0.495 e. The van der Waals surface area contributed by atoms with Crippen molar-refractivity contribution < 1.29 is 4.74 Å². The van der Waals surface area contributed by atoms with E-state index in [1.54, 1.807) is 14.2 Å². The fourth-order valence-corrected chi connectivity index (χ4v) is 1.29. The third-order valence-corrected chi connectivity index (χ3v) is 2.12. The Morgan fingerprint density at radius 1 is 1.47 bits per heavy atom. The average molecular weight is 210 g/mol. The first-order chi connectivity index (χ1) is 7.31. The normalized spacial score (nSPS) is 22.1. The summed E-state index contributed by atoms with van der Waals surface area (Å²) in [7, 11) is 3.46. The van der Waals surface area contributed by atoms with Crippen LogP contribution in [0.15, 0.2) is 29.1 Å². The van der Waals surface area contributed by atoms with Gasteiger partial charge in [-0.2, -0.15) is 0 Å². The summed E-state index contributed by atoms with van der Waals surface area (Å²) >= 11 is 0. The van der Waals surface area contributed by atoms with E-state index in [4.69, 9.17) is 4.74 Å². The van der Waals surface area contributed by atoms with Gasteiger partial charge in [0, 0.05) is 19.2 Å². The molecule has 0 saturated heterocycles. The van der Waals surface area contributed by atoms with Gasteiger partial charge in [-0.3, -0.25) is 4.99 Å². The largest absolute Gasteiger partial charge is 0.495 e. The number of hydrogen-bond donors (Lipinski definition) is 1. The highest BCUT2D eigenvalue weighted by Gasteiger charge is 2.11. The number of ether oxygens (including phenoxy) is 1. The third-order valence-electron chi connectivity index (χ3n) is 2.12. The van der Waals surface area contributed by atoms with Crippen LogP contribution < -0.4 is 5.32 Å². The van der Waals surface area contributed by atoms with Crippen LogP contribution in [0.3, 0.4) is 0 Å². The quantitative estimate of drug-likeness (QED) is 0.760. The van der Waals surface area contributed by atoms with Crippen molar-refractivity contribution in [3.63, 3.8) is 0 Å². The molecule has 0 amide bonds. The van der Waals surface area contributed by atoms with Crippen LogP contribution in [-0.4, -0.2) is 20.0 Å². The first kappa shape index (κ1) is 13.8. The maximum atomic E-state index is 5.11. The van der Waals surface area contributed by atoms with E-state index >= 15 is 0 Å². The van der Waals surface area contributed by atoms with Crippen molar-refractivity contribution >= 4 is 5.84 Å². The molecule has 1 unspecified atom stereocenters. The average Bonchev–Trinajstić information content (AvgIpc) is 2.52. The predicted molar refractivity (Wildman–Crippen MR) is 65.9 cm³/mol. The monoisotopic (exact) mass is 210 g/mol. The van der Waals surface area contributed by atoms with Gasteiger partial charge in [0.05, 0.1) is 7.11 Å². The van der Waals surface area contributed by atoms with Gasteiger partial charge < -0.3 is 10.1 Å². The van der Waals surface area contributed by atoms with Gasteiger partial charge >= 0.3 is 0 Å². The summed E-state index contributed by atoms with van der Waals surface area (Å²) in [5, 5.41) is 3.13. The molecule has 0 bridgehead atoms. The van der Waals surface area contributed by atoms with E-state index in [9.17, 15) is 0 Å². The number of amidine groups is 1. The van der Waals surface area contributed by atoms with Crippen LogP contribution in [0.1, 0.15) is 27.2 Å². The van der Waals surface area contributed by atoms with Crippen LogP contribution in [0, 0.1) is 5.92 Å². The SMILES string of the molecule is CC.CCC1C=CC(OC)=CNC1=NC. The van der Waals surface area contributed by atoms with Gasteiger partial charge in [-0.15, -0.1) is 0 Å². The van der Waals surface area contributed by atoms with E-state index in [0.717, 1.165) is 18.0 Å². The number of nitrogens with one attached hydrogen (secondary N) is 1. The van der Waals surface area contributed by atoms with Crippen LogP contribution in [0.25, 0.3) is 0 Å². The second-order valence-electron chi connectivity index (χ2n) is 2.88. The van der Waals surface area contributed by atoms with Gasteiger partial charge in [-0.05, 0) is 12.5 Å². The Morgan fingerprint density at radius 3 is 2.60 bits per heavy atom. The molecule has 1 aliphatic heterocycles. The summed E-state index contributed by atoms with van der Waals surface area (Å²) in [6.45, 7) is 6.14. The molecule has 86 valence electrons. The zero-order chi connectivity index (χ0) is 11.7. The summed E-state index contributed by atoms with van der Waals surface area (Å²) in [4.78, 5) is 4.18. The number of rotatable bonds is 2. The molecule has 1 heterocycles. The van der Waals surface area contributed by atoms with E-state index in [0.29, 0.717) is 5.92 Å². The predicted octanol–water partition coefficient (Wildman–Crippen LogP) is 2.71. The molecular formula is C12H22N2O. The number of allylic oxidation sites excluding steroid dienone is 1. The Labute approximate surface area is 92.9 Å². The van der Waals surface area contributed by atoms with Crippen LogP contribution in [0.4, 0.5) is 0 Å². The van der Waals surface area contributed by atoms with E-state index in [2.05, 4.69) is 23.3 Å². The minimum atomic E-state index is 0.369.